The summed E-state index contributed by atoms with van der Waals surface area (Å²) in [5.74, 6) is 3.18. The van der Waals surface area contributed by atoms with Crippen LogP contribution in [0.1, 0.15) is 48.5 Å². The molecule has 0 amide bonds. The molecule has 0 bridgehead atoms. The molecular formula is C14H23NO4. The Balaban J connectivity index is 4.79. The quantitative estimate of drug-likeness (QED) is 0.442. The molecule has 0 radical (unpaired) electrons. The van der Waals surface area contributed by atoms with Gasteiger partial charge in [-0.2, -0.15) is 0 Å². The van der Waals surface area contributed by atoms with Gasteiger partial charge in [0.25, 0.3) is 0 Å². The Hall–Kier alpha value is -1.54. The SMILES string of the molecule is CC(C)(C)OC(=O)C#CC(C)(N)C(=O)OC(C)(C)C. The van der Waals surface area contributed by atoms with Gasteiger partial charge in [-0.25, -0.2) is 9.59 Å². The number of hydrogen-bond acceptors (Lipinski definition) is 5. The average molecular weight is 269 g/mol. The van der Waals surface area contributed by atoms with E-state index in [9.17, 15) is 9.59 Å². The zero-order chi connectivity index (χ0) is 15.5. The maximum atomic E-state index is 11.8. The molecule has 0 fully saturated rings. The maximum Gasteiger partial charge on any atom is 0.384 e. The van der Waals surface area contributed by atoms with Crippen molar-refractivity contribution in [2.75, 3.05) is 0 Å². The lowest BCUT2D eigenvalue weighted by molar-refractivity contribution is -0.158. The molecule has 0 rings (SSSR count). The fraction of sp³-hybridized carbons (Fsp3) is 0.714. The maximum absolute atomic E-state index is 11.8. The first-order chi connectivity index (χ1) is 8.23. The van der Waals surface area contributed by atoms with Crippen LogP contribution in [0.4, 0.5) is 0 Å². The lowest BCUT2D eigenvalue weighted by atomic mass is 10.0. The van der Waals surface area contributed by atoms with E-state index in [0.717, 1.165) is 0 Å². The van der Waals surface area contributed by atoms with Crippen molar-refractivity contribution in [3.63, 3.8) is 0 Å². The first-order valence-corrected chi connectivity index (χ1v) is 6.01. The minimum Gasteiger partial charge on any atom is -0.458 e. The van der Waals surface area contributed by atoms with Gasteiger partial charge < -0.3 is 15.2 Å². The van der Waals surface area contributed by atoms with Crippen LogP contribution in [0.15, 0.2) is 0 Å². The molecule has 0 heterocycles. The van der Waals surface area contributed by atoms with Gasteiger partial charge >= 0.3 is 11.9 Å². The fourth-order valence-corrected chi connectivity index (χ4v) is 0.920. The highest BCUT2D eigenvalue weighted by atomic mass is 16.6. The normalized spacial score (nSPS) is 14.7. The third-order valence-electron chi connectivity index (χ3n) is 1.65. The standard InChI is InChI=1S/C14H23NO4/c1-12(2,3)18-10(16)8-9-14(7,15)11(17)19-13(4,5)6/h15H2,1-7H3. The van der Waals surface area contributed by atoms with Crippen molar-refractivity contribution in [1.82, 2.24) is 0 Å². The molecule has 1 atom stereocenters. The second-order valence-electron chi connectivity index (χ2n) is 6.46. The average Bonchev–Trinajstić information content (AvgIpc) is 2.09. The summed E-state index contributed by atoms with van der Waals surface area (Å²) in [5.41, 5.74) is 2.87. The smallest absolute Gasteiger partial charge is 0.384 e. The highest BCUT2D eigenvalue weighted by molar-refractivity contribution is 5.92. The summed E-state index contributed by atoms with van der Waals surface area (Å²) in [4.78, 5) is 23.2. The van der Waals surface area contributed by atoms with Crippen molar-refractivity contribution in [3.8, 4) is 11.8 Å². The van der Waals surface area contributed by atoms with Crippen molar-refractivity contribution in [2.24, 2.45) is 5.73 Å². The number of esters is 2. The summed E-state index contributed by atoms with van der Waals surface area (Å²) in [6, 6.07) is 0. The Kier molecular flexibility index (Phi) is 5.16. The molecule has 0 aliphatic heterocycles. The zero-order valence-corrected chi connectivity index (χ0v) is 12.7. The van der Waals surface area contributed by atoms with Crippen LogP contribution in [-0.4, -0.2) is 28.7 Å². The van der Waals surface area contributed by atoms with Crippen molar-refractivity contribution in [1.29, 1.82) is 0 Å². The van der Waals surface area contributed by atoms with E-state index in [4.69, 9.17) is 15.2 Å². The molecule has 0 saturated heterocycles. The molecular weight excluding hydrogens is 246 g/mol. The van der Waals surface area contributed by atoms with Gasteiger partial charge in [0.2, 0.25) is 0 Å². The summed E-state index contributed by atoms with van der Waals surface area (Å²) in [6.07, 6.45) is 0. The summed E-state index contributed by atoms with van der Waals surface area (Å²) in [6.45, 7) is 11.7. The number of ether oxygens (including phenoxy) is 2. The number of carbonyl (C=O) groups is 2. The van der Waals surface area contributed by atoms with Crippen LogP contribution in [0.2, 0.25) is 0 Å². The second-order valence-corrected chi connectivity index (χ2v) is 6.46. The second kappa shape index (κ2) is 5.62. The molecule has 5 nitrogen and oxygen atoms in total. The molecule has 108 valence electrons. The van der Waals surface area contributed by atoms with Crippen LogP contribution in [0, 0.1) is 11.8 Å². The molecule has 19 heavy (non-hydrogen) atoms. The molecule has 0 aromatic rings. The van der Waals surface area contributed by atoms with Crippen molar-refractivity contribution >= 4 is 11.9 Å². The van der Waals surface area contributed by atoms with Crippen molar-refractivity contribution < 1.29 is 19.1 Å². The predicted molar refractivity (Wildman–Crippen MR) is 72.1 cm³/mol. The minimum atomic E-state index is -1.55. The Labute approximate surface area is 114 Å². The molecule has 0 aromatic carbocycles. The van der Waals surface area contributed by atoms with E-state index >= 15 is 0 Å². The van der Waals surface area contributed by atoms with Gasteiger partial charge in [0.05, 0.1) is 0 Å². The van der Waals surface area contributed by atoms with Crippen molar-refractivity contribution in [3.05, 3.63) is 0 Å². The zero-order valence-electron chi connectivity index (χ0n) is 12.7. The Morgan fingerprint density at radius 3 is 1.68 bits per heavy atom. The van der Waals surface area contributed by atoms with Gasteiger partial charge in [-0.3, -0.25) is 0 Å². The first kappa shape index (κ1) is 17.5. The molecule has 0 aromatic heterocycles. The first-order valence-electron chi connectivity index (χ1n) is 6.01. The van der Waals surface area contributed by atoms with Gasteiger partial charge in [-0.05, 0) is 48.5 Å². The van der Waals surface area contributed by atoms with Crippen LogP contribution in [-0.2, 0) is 19.1 Å². The summed E-state index contributed by atoms with van der Waals surface area (Å²) in [7, 11) is 0. The number of hydrogen-bond donors (Lipinski definition) is 1. The number of nitrogens with two attached hydrogens (primary N) is 1. The highest BCUT2D eigenvalue weighted by Gasteiger charge is 2.31. The summed E-state index contributed by atoms with van der Waals surface area (Å²) < 4.78 is 10.1. The molecule has 1 unspecified atom stereocenters. The van der Waals surface area contributed by atoms with Crippen LogP contribution in [0.25, 0.3) is 0 Å². The molecule has 0 aliphatic rings. The highest BCUT2D eigenvalue weighted by Crippen LogP contribution is 2.12. The molecule has 5 heteroatoms. The van der Waals surface area contributed by atoms with Crippen LogP contribution in [0.5, 0.6) is 0 Å². The van der Waals surface area contributed by atoms with E-state index in [1.54, 1.807) is 41.5 Å². The Morgan fingerprint density at radius 2 is 1.32 bits per heavy atom. The van der Waals surface area contributed by atoms with Crippen LogP contribution in [0.3, 0.4) is 0 Å². The van der Waals surface area contributed by atoms with Crippen LogP contribution >= 0.6 is 0 Å². The van der Waals surface area contributed by atoms with E-state index in [2.05, 4.69) is 11.8 Å². The minimum absolute atomic E-state index is 0.636. The Bertz CT molecular complexity index is 413. The lowest BCUT2D eigenvalue weighted by Crippen LogP contribution is -2.47. The molecule has 0 aliphatic carbocycles. The van der Waals surface area contributed by atoms with Crippen molar-refractivity contribution in [2.45, 2.75) is 65.2 Å². The molecule has 0 saturated carbocycles. The van der Waals surface area contributed by atoms with Gasteiger partial charge in [0, 0.05) is 5.92 Å². The summed E-state index contributed by atoms with van der Waals surface area (Å²) >= 11 is 0. The van der Waals surface area contributed by atoms with Gasteiger partial charge in [0.1, 0.15) is 11.2 Å². The van der Waals surface area contributed by atoms with Gasteiger partial charge in [-0.1, -0.05) is 5.92 Å². The van der Waals surface area contributed by atoms with E-state index in [1.807, 2.05) is 0 Å². The van der Waals surface area contributed by atoms with E-state index in [1.165, 1.54) is 6.92 Å². The third-order valence-corrected chi connectivity index (χ3v) is 1.65. The van der Waals surface area contributed by atoms with Crippen LogP contribution < -0.4 is 5.73 Å². The third kappa shape index (κ3) is 8.22. The number of rotatable bonds is 1. The topological polar surface area (TPSA) is 78.6 Å². The van der Waals surface area contributed by atoms with E-state index < -0.39 is 28.7 Å². The molecule has 2 N–H and O–H groups in total. The molecule has 0 spiro atoms. The van der Waals surface area contributed by atoms with Gasteiger partial charge in [0.15, 0.2) is 5.54 Å². The Morgan fingerprint density at radius 1 is 0.895 bits per heavy atom. The fourth-order valence-electron chi connectivity index (χ4n) is 0.920. The number of carbonyl (C=O) groups excluding carboxylic acids is 2. The summed E-state index contributed by atoms with van der Waals surface area (Å²) in [5, 5.41) is 0. The monoisotopic (exact) mass is 269 g/mol. The van der Waals surface area contributed by atoms with Gasteiger partial charge in [-0.15, -0.1) is 0 Å². The van der Waals surface area contributed by atoms with E-state index in [0.29, 0.717) is 0 Å². The van der Waals surface area contributed by atoms with E-state index in [-0.39, 0.29) is 0 Å². The predicted octanol–water partition coefficient (Wildman–Crippen LogP) is 1.39. The largest absolute Gasteiger partial charge is 0.458 e. The lowest BCUT2D eigenvalue weighted by Gasteiger charge is -2.24.